The fraction of sp³-hybridized carbons (Fsp3) is 0.459. The topological polar surface area (TPSA) is 227 Å². The minimum absolute atomic E-state index is 0.0262. The number of hydrogen-bond donors (Lipinski definition) is 6. The van der Waals surface area contributed by atoms with Crippen molar-refractivity contribution in [1.29, 1.82) is 0 Å². The lowest BCUT2D eigenvalue weighted by Gasteiger charge is -2.41. The number of nitrogens with zero attached hydrogens (tertiary/aromatic N) is 2. The molecule has 3 aromatic rings. The molecule has 14 nitrogen and oxygen atoms in total. The van der Waals surface area contributed by atoms with Gasteiger partial charge in [0.25, 0.3) is 0 Å². The molecule has 0 radical (unpaired) electrons. The number of aliphatic hydroxyl groups excluding tert-OH is 1. The van der Waals surface area contributed by atoms with Gasteiger partial charge in [-0.25, -0.2) is 17.2 Å². The number of carboxylic acids is 1. The van der Waals surface area contributed by atoms with Crippen LogP contribution in [0.4, 0.5) is 8.78 Å². The highest BCUT2D eigenvalue weighted by Crippen LogP contribution is 2.41. The van der Waals surface area contributed by atoms with Crippen LogP contribution < -0.4 is 22.1 Å². The van der Waals surface area contributed by atoms with Crippen LogP contribution in [0.5, 0.6) is 0 Å². The molecule has 0 aliphatic carbocycles. The van der Waals surface area contributed by atoms with E-state index in [0.29, 0.717) is 17.8 Å². The standard InChI is InChI=1S/C37H50F2N6O8S/c1-37(2,3)34(31-19-25(27-20-26(38)9-10-28(27)39)22-44(31)21-24-7-5-4-6-8-24)45(32(47)23-46)16-13-29(40)36(51)43-15-18-54(52,53)17-14-42-30(35(41)50)11-12-33(48)49/h4-10,19-20,22,29-30,34,42,46H,11-18,21,23,40H2,1-3H3,(H2,41,50)(H,43,51)(H,48,49)/t29-,30+,34-/m0/s1. The molecule has 17 heteroatoms. The molecule has 1 aromatic heterocycles. The molecule has 0 aliphatic heterocycles. The Labute approximate surface area is 313 Å². The van der Waals surface area contributed by atoms with E-state index in [1.165, 1.54) is 4.90 Å². The summed E-state index contributed by atoms with van der Waals surface area (Å²) in [7, 11) is -3.72. The summed E-state index contributed by atoms with van der Waals surface area (Å²) in [6.45, 7) is 4.56. The summed E-state index contributed by atoms with van der Waals surface area (Å²) >= 11 is 0. The van der Waals surface area contributed by atoms with Crippen LogP contribution in [-0.4, -0.2) is 102 Å². The number of primary amides is 1. The van der Waals surface area contributed by atoms with E-state index in [-0.39, 0.29) is 44.5 Å². The van der Waals surface area contributed by atoms with Gasteiger partial charge in [-0.1, -0.05) is 51.1 Å². The first kappa shape index (κ1) is 43.7. The molecule has 0 fully saturated rings. The van der Waals surface area contributed by atoms with E-state index in [2.05, 4.69) is 10.6 Å². The number of nitrogens with two attached hydrogens (primary N) is 2. The Morgan fingerprint density at radius 3 is 2.26 bits per heavy atom. The smallest absolute Gasteiger partial charge is 0.303 e. The molecular formula is C37H50F2N6O8S. The Morgan fingerprint density at radius 1 is 0.981 bits per heavy atom. The van der Waals surface area contributed by atoms with Crippen molar-refractivity contribution in [3.05, 3.63) is 83.7 Å². The number of nitrogens with one attached hydrogen (secondary N) is 2. The van der Waals surface area contributed by atoms with Crippen molar-refractivity contribution in [1.82, 2.24) is 20.1 Å². The van der Waals surface area contributed by atoms with Crippen molar-refractivity contribution < 1.29 is 46.6 Å². The Kier molecular flexibility index (Phi) is 15.8. The first-order valence-corrected chi connectivity index (χ1v) is 19.2. The van der Waals surface area contributed by atoms with Gasteiger partial charge in [-0.15, -0.1) is 0 Å². The summed E-state index contributed by atoms with van der Waals surface area (Å²) < 4.78 is 56.2. The van der Waals surface area contributed by atoms with Crippen LogP contribution in [0, 0.1) is 17.0 Å². The molecule has 2 aromatic carbocycles. The molecular weight excluding hydrogens is 727 g/mol. The molecule has 0 aliphatic rings. The summed E-state index contributed by atoms with van der Waals surface area (Å²) in [5, 5.41) is 24.0. The SMILES string of the molecule is CC(C)(C)[C@H](c1cc(-c2cc(F)ccc2F)cn1Cc1ccccc1)N(CC[C@H](N)C(=O)NCCS(=O)(=O)CCN[C@H](CCC(=O)O)C(N)=O)C(=O)CO. The second-order valence-electron chi connectivity index (χ2n) is 14.1. The summed E-state index contributed by atoms with van der Waals surface area (Å²) in [4.78, 5) is 50.1. The van der Waals surface area contributed by atoms with Gasteiger partial charge in [-0.2, -0.15) is 0 Å². The number of aliphatic carboxylic acids is 1. The van der Waals surface area contributed by atoms with E-state index in [4.69, 9.17) is 16.6 Å². The number of rotatable bonds is 21. The normalized spacial score (nSPS) is 13.5. The predicted octanol–water partition coefficient (Wildman–Crippen LogP) is 1.95. The second-order valence-corrected chi connectivity index (χ2v) is 16.4. The number of carbonyl (C=O) groups is 4. The van der Waals surface area contributed by atoms with Crippen molar-refractivity contribution >= 4 is 33.5 Å². The quantitative estimate of drug-likeness (QED) is 0.0922. The number of carboxylic acid groups (broad SMARTS) is 1. The third kappa shape index (κ3) is 13.0. The molecule has 0 saturated heterocycles. The maximum Gasteiger partial charge on any atom is 0.303 e. The predicted molar refractivity (Wildman–Crippen MR) is 198 cm³/mol. The molecule has 0 saturated carbocycles. The monoisotopic (exact) mass is 776 g/mol. The number of benzene rings is 2. The Hall–Kier alpha value is -4.71. The summed E-state index contributed by atoms with van der Waals surface area (Å²) in [6, 6.07) is 11.3. The zero-order valence-electron chi connectivity index (χ0n) is 30.6. The van der Waals surface area contributed by atoms with Crippen LogP contribution in [0.15, 0.2) is 60.8 Å². The van der Waals surface area contributed by atoms with Gasteiger partial charge in [0.2, 0.25) is 17.7 Å². The van der Waals surface area contributed by atoms with Crippen LogP contribution in [0.1, 0.15) is 57.3 Å². The van der Waals surface area contributed by atoms with Gasteiger partial charge < -0.3 is 41.8 Å². The van der Waals surface area contributed by atoms with Gasteiger partial charge in [0.05, 0.1) is 29.6 Å². The average molecular weight is 777 g/mol. The van der Waals surface area contributed by atoms with Crippen LogP contribution in [0.2, 0.25) is 0 Å². The number of sulfone groups is 1. The highest BCUT2D eigenvalue weighted by Gasteiger charge is 2.37. The van der Waals surface area contributed by atoms with E-state index in [1.807, 2.05) is 55.7 Å². The Bertz CT molecular complexity index is 1870. The number of halogens is 2. The molecule has 3 atom stereocenters. The first-order chi connectivity index (χ1) is 25.3. The third-order valence-corrected chi connectivity index (χ3v) is 10.4. The molecule has 0 spiro atoms. The number of aliphatic hydroxyl groups is 1. The molecule has 0 unspecified atom stereocenters. The lowest BCUT2D eigenvalue weighted by atomic mass is 9.82. The van der Waals surface area contributed by atoms with Crippen molar-refractivity contribution in [2.45, 2.75) is 64.7 Å². The van der Waals surface area contributed by atoms with Gasteiger partial charge in [0.1, 0.15) is 18.2 Å². The molecule has 8 N–H and O–H groups in total. The fourth-order valence-corrected chi connectivity index (χ4v) is 7.12. The second kappa shape index (κ2) is 19.6. The molecule has 1 heterocycles. The highest BCUT2D eigenvalue weighted by molar-refractivity contribution is 7.91. The average Bonchev–Trinajstić information content (AvgIpc) is 3.50. The molecule has 296 valence electrons. The van der Waals surface area contributed by atoms with Crippen LogP contribution in [0.3, 0.4) is 0 Å². The summed E-state index contributed by atoms with van der Waals surface area (Å²) in [5.74, 6) is -5.39. The van der Waals surface area contributed by atoms with Gasteiger partial charge in [0, 0.05) is 55.6 Å². The van der Waals surface area contributed by atoms with Gasteiger partial charge in [-0.3, -0.25) is 19.2 Å². The van der Waals surface area contributed by atoms with Crippen molar-refractivity contribution in [2.75, 3.05) is 37.7 Å². The van der Waals surface area contributed by atoms with Gasteiger partial charge in [0.15, 0.2) is 9.84 Å². The zero-order chi connectivity index (χ0) is 40.2. The van der Waals surface area contributed by atoms with Crippen LogP contribution in [0.25, 0.3) is 11.1 Å². The van der Waals surface area contributed by atoms with Crippen LogP contribution >= 0.6 is 0 Å². The Balaban J connectivity index is 1.76. The van der Waals surface area contributed by atoms with E-state index in [0.717, 1.165) is 23.8 Å². The number of hydrogen-bond acceptors (Lipinski definition) is 9. The van der Waals surface area contributed by atoms with Crippen molar-refractivity contribution in [2.24, 2.45) is 16.9 Å². The summed E-state index contributed by atoms with van der Waals surface area (Å²) in [5.41, 5.74) is 12.6. The van der Waals surface area contributed by atoms with E-state index >= 15 is 4.39 Å². The maximum absolute atomic E-state index is 15.0. The maximum atomic E-state index is 15.0. The molecule has 54 heavy (non-hydrogen) atoms. The fourth-order valence-electron chi connectivity index (χ4n) is 6.07. The number of aromatic nitrogens is 1. The van der Waals surface area contributed by atoms with Gasteiger partial charge in [-0.05, 0) is 48.1 Å². The number of carbonyl (C=O) groups excluding carboxylic acids is 3. The lowest BCUT2D eigenvalue weighted by molar-refractivity contribution is -0.140. The minimum atomic E-state index is -3.72. The van der Waals surface area contributed by atoms with E-state index in [1.54, 1.807) is 12.3 Å². The molecule has 3 rings (SSSR count). The number of amides is 3. The highest BCUT2D eigenvalue weighted by atomic mass is 32.2. The largest absolute Gasteiger partial charge is 0.481 e. The zero-order valence-corrected chi connectivity index (χ0v) is 31.5. The molecule has 3 amide bonds. The van der Waals surface area contributed by atoms with Crippen molar-refractivity contribution in [3.63, 3.8) is 0 Å². The lowest BCUT2D eigenvalue weighted by Crippen LogP contribution is -2.48. The van der Waals surface area contributed by atoms with Crippen LogP contribution in [-0.2, 0) is 35.6 Å². The van der Waals surface area contributed by atoms with E-state index < -0.39 is 86.8 Å². The molecule has 0 bridgehead atoms. The van der Waals surface area contributed by atoms with E-state index in [9.17, 15) is 37.1 Å². The Morgan fingerprint density at radius 2 is 1.65 bits per heavy atom. The van der Waals surface area contributed by atoms with Crippen molar-refractivity contribution in [3.8, 4) is 11.1 Å². The summed E-state index contributed by atoms with van der Waals surface area (Å²) in [6.07, 6.45) is 1.17. The third-order valence-electron chi connectivity index (χ3n) is 8.76. The van der Waals surface area contributed by atoms with Gasteiger partial charge >= 0.3 is 5.97 Å². The minimum Gasteiger partial charge on any atom is -0.481 e. The first-order valence-electron chi connectivity index (χ1n) is 17.4.